The number of aromatic nitrogens is 4. The summed E-state index contributed by atoms with van der Waals surface area (Å²) in [6.45, 7) is 8.23. The van der Waals surface area contributed by atoms with Gasteiger partial charge in [-0.05, 0) is 98.5 Å². The van der Waals surface area contributed by atoms with Gasteiger partial charge >= 0.3 is 0 Å². The van der Waals surface area contributed by atoms with Crippen molar-refractivity contribution in [2.75, 3.05) is 21.3 Å². The number of nitrogens with zero attached hydrogens (tertiary/aromatic N) is 4. The Morgan fingerprint density at radius 1 is 0.381 bits per heavy atom. The van der Waals surface area contributed by atoms with Crippen LogP contribution < -0.4 is 21.3 Å². The molecule has 2 heterocycles. The van der Waals surface area contributed by atoms with E-state index in [-0.39, 0.29) is 0 Å². The minimum atomic E-state index is 0.429. The maximum absolute atomic E-state index is 4.92. The van der Waals surface area contributed by atoms with E-state index in [9.17, 15) is 0 Å². The van der Waals surface area contributed by atoms with Gasteiger partial charge in [-0.15, -0.1) is 0 Å². The Morgan fingerprint density at radius 3 is 1.00 bits per heavy atom. The number of nitrogens with one attached hydrogen (secondary N) is 4. The number of benzene rings is 4. The Hall–Kier alpha value is -5.50. The molecule has 8 nitrogen and oxygen atoms in total. The number of hydrogen-bond acceptors (Lipinski definition) is 8. The standard InChI is InChI=1S/C34H32N8/c1-21-9-5-13-25(17-21)35-31-29-30(40-33(41-31)37-27-15-7-11-23(3)19-27)32(36-26-14-6-10-22(2)18-26)42-34(39-29)38-28-16-8-12-24(4)20-28/h5-20H,1-4H3,(H2,35,37,40,41)(H2,36,38,39,42). The molecule has 208 valence electrons. The highest BCUT2D eigenvalue weighted by Gasteiger charge is 2.18. The van der Waals surface area contributed by atoms with E-state index in [4.69, 9.17) is 19.9 Å². The molecular formula is C34H32N8. The lowest BCUT2D eigenvalue weighted by atomic mass is 10.2. The maximum Gasteiger partial charge on any atom is 0.230 e. The van der Waals surface area contributed by atoms with Gasteiger partial charge in [0.25, 0.3) is 0 Å². The first-order valence-electron chi connectivity index (χ1n) is 13.8. The zero-order valence-electron chi connectivity index (χ0n) is 24.0. The van der Waals surface area contributed by atoms with Gasteiger partial charge in [-0.2, -0.15) is 9.97 Å². The van der Waals surface area contributed by atoms with Gasteiger partial charge in [0.1, 0.15) is 11.0 Å². The number of hydrogen-bond donors (Lipinski definition) is 4. The van der Waals surface area contributed by atoms with E-state index in [1.807, 2.05) is 48.5 Å². The Labute approximate surface area is 245 Å². The minimum Gasteiger partial charge on any atom is -0.338 e. The molecule has 0 fully saturated rings. The van der Waals surface area contributed by atoms with Gasteiger partial charge in [-0.3, -0.25) is 0 Å². The van der Waals surface area contributed by atoms with Gasteiger partial charge in [0.15, 0.2) is 11.6 Å². The largest absolute Gasteiger partial charge is 0.338 e. The second kappa shape index (κ2) is 11.5. The SMILES string of the molecule is Cc1cccc(Nc2nc(Nc3cccc(C)c3)c3nc(Nc4cccc(C)c4)nc(Nc4cccc(C)c4)c3n2)c1. The highest BCUT2D eigenvalue weighted by molar-refractivity contribution is 5.97. The molecule has 6 rings (SSSR count). The van der Waals surface area contributed by atoms with Gasteiger partial charge < -0.3 is 21.3 Å². The van der Waals surface area contributed by atoms with Crippen LogP contribution in [-0.2, 0) is 0 Å². The maximum atomic E-state index is 4.92. The fraction of sp³-hybridized carbons (Fsp3) is 0.118. The number of fused-ring (bicyclic) bond motifs is 1. The molecule has 0 bridgehead atoms. The molecule has 6 aromatic rings. The first kappa shape index (κ1) is 26.7. The molecule has 0 aliphatic heterocycles. The molecule has 0 unspecified atom stereocenters. The molecule has 0 saturated carbocycles. The Kier molecular flexibility index (Phi) is 7.34. The van der Waals surface area contributed by atoms with Crippen LogP contribution in [0.3, 0.4) is 0 Å². The summed E-state index contributed by atoms with van der Waals surface area (Å²) in [6.07, 6.45) is 0. The van der Waals surface area contributed by atoms with E-state index in [2.05, 4.69) is 97.5 Å². The van der Waals surface area contributed by atoms with Crippen molar-refractivity contribution in [3.63, 3.8) is 0 Å². The van der Waals surface area contributed by atoms with Crippen molar-refractivity contribution in [2.45, 2.75) is 27.7 Å². The number of aryl methyl sites for hydroxylation is 4. The van der Waals surface area contributed by atoms with E-state index < -0.39 is 0 Å². The van der Waals surface area contributed by atoms with Crippen molar-refractivity contribution < 1.29 is 0 Å². The lowest BCUT2D eigenvalue weighted by Crippen LogP contribution is -2.08. The highest BCUT2D eigenvalue weighted by Crippen LogP contribution is 2.32. The van der Waals surface area contributed by atoms with Crippen LogP contribution >= 0.6 is 0 Å². The summed E-state index contributed by atoms with van der Waals surface area (Å²) in [5.74, 6) is 1.97. The summed E-state index contributed by atoms with van der Waals surface area (Å²) in [5.41, 5.74) is 9.27. The minimum absolute atomic E-state index is 0.429. The monoisotopic (exact) mass is 552 g/mol. The van der Waals surface area contributed by atoms with Crippen LogP contribution in [0.2, 0.25) is 0 Å². The third-order valence-corrected chi connectivity index (χ3v) is 6.65. The molecule has 8 heteroatoms. The first-order valence-corrected chi connectivity index (χ1v) is 13.8. The van der Waals surface area contributed by atoms with Gasteiger partial charge in [-0.1, -0.05) is 48.5 Å². The second-order valence-electron chi connectivity index (χ2n) is 10.5. The topological polar surface area (TPSA) is 99.7 Å². The van der Waals surface area contributed by atoms with E-state index >= 15 is 0 Å². The second-order valence-corrected chi connectivity index (χ2v) is 10.5. The summed E-state index contributed by atoms with van der Waals surface area (Å²) in [7, 11) is 0. The molecule has 4 aromatic carbocycles. The normalized spacial score (nSPS) is 10.9. The molecule has 0 radical (unpaired) electrons. The van der Waals surface area contributed by atoms with E-state index in [0.717, 1.165) is 45.0 Å². The van der Waals surface area contributed by atoms with Crippen molar-refractivity contribution in [3.8, 4) is 0 Å². The lowest BCUT2D eigenvalue weighted by molar-refractivity contribution is 1.15. The quantitative estimate of drug-likeness (QED) is 0.149. The van der Waals surface area contributed by atoms with Crippen molar-refractivity contribution in [3.05, 3.63) is 119 Å². The van der Waals surface area contributed by atoms with Crippen LogP contribution in [-0.4, -0.2) is 19.9 Å². The number of anilines is 8. The summed E-state index contributed by atoms with van der Waals surface area (Å²) < 4.78 is 0. The third kappa shape index (κ3) is 6.28. The molecule has 0 aliphatic rings. The Morgan fingerprint density at radius 2 is 0.690 bits per heavy atom. The number of rotatable bonds is 8. The van der Waals surface area contributed by atoms with E-state index in [1.54, 1.807) is 0 Å². The molecule has 42 heavy (non-hydrogen) atoms. The Balaban J connectivity index is 1.53. The predicted octanol–water partition coefficient (Wildman–Crippen LogP) is 8.63. The van der Waals surface area contributed by atoms with Crippen LogP contribution in [0.15, 0.2) is 97.1 Å². The summed E-state index contributed by atoms with van der Waals surface area (Å²) in [6, 6.07) is 32.5. The van der Waals surface area contributed by atoms with Crippen LogP contribution in [0.5, 0.6) is 0 Å². The van der Waals surface area contributed by atoms with E-state index in [1.165, 1.54) is 0 Å². The first-order chi connectivity index (χ1) is 20.4. The third-order valence-electron chi connectivity index (χ3n) is 6.65. The van der Waals surface area contributed by atoms with Crippen LogP contribution in [0.4, 0.5) is 46.3 Å². The zero-order valence-corrected chi connectivity index (χ0v) is 24.0. The van der Waals surface area contributed by atoms with Crippen molar-refractivity contribution in [1.29, 1.82) is 0 Å². The molecule has 4 N–H and O–H groups in total. The van der Waals surface area contributed by atoms with Gasteiger partial charge in [-0.25, -0.2) is 9.97 Å². The molecule has 0 atom stereocenters. The van der Waals surface area contributed by atoms with Gasteiger partial charge in [0.05, 0.1) is 0 Å². The van der Waals surface area contributed by atoms with Crippen molar-refractivity contribution >= 4 is 57.3 Å². The average molecular weight is 553 g/mol. The summed E-state index contributed by atoms with van der Waals surface area (Å²) in [5, 5.41) is 13.7. The molecule has 0 spiro atoms. The van der Waals surface area contributed by atoms with Crippen molar-refractivity contribution in [1.82, 2.24) is 19.9 Å². The zero-order chi connectivity index (χ0) is 29.1. The van der Waals surface area contributed by atoms with Crippen LogP contribution in [0.1, 0.15) is 22.3 Å². The highest BCUT2D eigenvalue weighted by atomic mass is 15.2. The Bertz CT molecular complexity index is 1760. The molecule has 0 saturated heterocycles. The average Bonchev–Trinajstić information content (AvgIpc) is 2.94. The molecule has 0 amide bonds. The summed E-state index contributed by atoms with van der Waals surface area (Å²) in [4.78, 5) is 19.6. The van der Waals surface area contributed by atoms with Gasteiger partial charge in [0, 0.05) is 22.7 Å². The fourth-order valence-corrected chi connectivity index (χ4v) is 4.72. The van der Waals surface area contributed by atoms with Crippen LogP contribution in [0.25, 0.3) is 11.0 Å². The predicted molar refractivity (Wildman–Crippen MR) is 173 cm³/mol. The molecule has 2 aromatic heterocycles. The van der Waals surface area contributed by atoms with E-state index in [0.29, 0.717) is 34.6 Å². The fourth-order valence-electron chi connectivity index (χ4n) is 4.72. The molecule has 0 aliphatic carbocycles. The van der Waals surface area contributed by atoms with Crippen molar-refractivity contribution in [2.24, 2.45) is 0 Å². The van der Waals surface area contributed by atoms with Crippen LogP contribution in [0, 0.1) is 27.7 Å². The smallest absolute Gasteiger partial charge is 0.230 e. The van der Waals surface area contributed by atoms with Gasteiger partial charge in [0.2, 0.25) is 11.9 Å². The molecular weight excluding hydrogens is 520 g/mol. The summed E-state index contributed by atoms with van der Waals surface area (Å²) >= 11 is 0. The lowest BCUT2D eigenvalue weighted by Gasteiger charge is -2.16.